The lowest BCUT2D eigenvalue weighted by atomic mass is 10.1. The van der Waals surface area contributed by atoms with Crippen LogP contribution in [0.1, 0.15) is 22.3 Å². The number of rotatable bonds is 9. The van der Waals surface area contributed by atoms with Gasteiger partial charge in [-0.1, -0.05) is 0 Å². The van der Waals surface area contributed by atoms with Crippen molar-refractivity contribution in [3.63, 3.8) is 0 Å². The summed E-state index contributed by atoms with van der Waals surface area (Å²) in [4.78, 5) is 16.6. The van der Waals surface area contributed by atoms with Crippen molar-refractivity contribution in [3.05, 3.63) is 72.3 Å². The van der Waals surface area contributed by atoms with Crippen LogP contribution in [0.3, 0.4) is 0 Å². The van der Waals surface area contributed by atoms with Crippen LogP contribution in [0.25, 0.3) is 0 Å². The van der Waals surface area contributed by atoms with Gasteiger partial charge in [0.15, 0.2) is 0 Å². The van der Waals surface area contributed by atoms with Crippen molar-refractivity contribution >= 4 is 21.6 Å². The molecule has 0 saturated carbocycles. The van der Waals surface area contributed by atoms with Gasteiger partial charge in [-0.25, -0.2) is 13.4 Å². The van der Waals surface area contributed by atoms with Crippen LogP contribution in [0, 0.1) is 6.92 Å². The molecule has 0 fully saturated rings. The first-order chi connectivity index (χ1) is 14.8. The number of nitrogens with one attached hydrogen (secondary N) is 1. The molecule has 3 rings (SSSR count). The highest BCUT2D eigenvalue weighted by molar-refractivity contribution is 7.92. The zero-order valence-electron chi connectivity index (χ0n) is 17.8. The van der Waals surface area contributed by atoms with Gasteiger partial charge in [-0.3, -0.25) is 9.10 Å². The molecule has 0 spiro atoms. The highest BCUT2D eigenvalue weighted by atomic mass is 32.2. The second kappa shape index (κ2) is 9.65. The lowest BCUT2D eigenvalue weighted by Crippen LogP contribution is -2.28. The van der Waals surface area contributed by atoms with E-state index in [0.717, 1.165) is 13.0 Å². The van der Waals surface area contributed by atoms with Crippen LogP contribution in [0.15, 0.2) is 66.1 Å². The Morgan fingerprint density at radius 2 is 1.94 bits per heavy atom. The summed E-state index contributed by atoms with van der Waals surface area (Å²) in [6, 6.07) is 11.2. The molecule has 0 saturated heterocycles. The van der Waals surface area contributed by atoms with Crippen molar-refractivity contribution < 1.29 is 17.9 Å². The number of imidazole rings is 1. The topological polar surface area (TPSA) is 93.5 Å². The molecule has 31 heavy (non-hydrogen) atoms. The van der Waals surface area contributed by atoms with Crippen LogP contribution in [0.5, 0.6) is 5.75 Å². The summed E-state index contributed by atoms with van der Waals surface area (Å²) in [7, 11) is -0.720. The molecular weight excluding hydrogens is 416 g/mol. The summed E-state index contributed by atoms with van der Waals surface area (Å²) in [6.07, 6.45) is 6.11. The van der Waals surface area contributed by atoms with Gasteiger partial charge in [-0.2, -0.15) is 0 Å². The second-order valence-corrected chi connectivity index (χ2v) is 9.03. The largest absolute Gasteiger partial charge is 0.497 e. The maximum Gasteiger partial charge on any atom is 0.264 e. The van der Waals surface area contributed by atoms with Crippen molar-refractivity contribution in [1.82, 2.24) is 14.9 Å². The van der Waals surface area contributed by atoms with E-state index in [0.29, 0.717) is 29.1 Å². The van der Waals surface area contributed by atoms with Crippen molar-refractivity contribution in [2.45, 2.75) is 24.8 Å². The zero-order chi connectivity index (χ0) is 22.4. The maximum absolute atomic E-state index is 13.0. The number of sulfonamides is 1. The number of benzene rings is 2. The van der Waals surface area contributed by atoms with Crippen LogP contribution < -0.4 is 14.4 Å². The SMILES string of the molecule is COc1ccc(S(=O)(=O)N(C)c2ccc(C(=O)NCCCn3ccnc3)cc2C)cc1. The van der Waals surface area contributed by atoms with Gasteiger partial charge in [-0.05, 0) is 61.4 Å². The van der Waals surface area contributed by atoms with Crippen molar-refractivity contribution in [2.24, 2.45) is 0 Å². The minimum Gasteiger partial charge on any atom is -0.497 e. The van der Waals surface area contributed by atoms with Crippen LogP contribution >= 0.6 is 0 Å². The highest BCUT2D eigenvalue weighted by Crippen LogP contribution is 2.27. The van der Waals surface area contributed by atoms with Crippen LogP contribution in [-0.4, -0.2) is 44.6 Å². The van der Waals surface area contributed by atoms with E-state index in [9.17, 15) is 13.2 Å². The number of carbonyl (C=O) groups is 1. The first-order valence-corrected chi connectivity index (χ1v) is 11.2. The fourth-order valence-electron chi connectivity index (χ4n) is 3.17. The summed E-state index contributed by atoms with van der Waals surface area (Å²) >= 11 is 0. The van der Waals surface area contributed by atoms with E-state index in [4.69, 9.17) is 4.74 Å². The molecule has 8 nitrogen and oxygen atoms in total. The Balaban J connectivity index is 1.66. The average Bonchev–Trinajstić information content (AvgIpc) is 3.29. The summed E-state index contributed by atoms with van der Waals surface area (Å²) in [5.41, 5.74) is 1.68. The molecule has 0 aliphatic rings. The zero-order valence-corrected chi connectivity index (χ0v) is 18.6. The molecular formula is C22H26N4O4S. The third-order valence-electron chi connectivity index (χ3n) is 4.95. The third kappa shape index (κ3) is 5.24. The molecule has 0 aliphatic heterocycles. The van der Waals surface area contributed by atoms with Crippen LogP contribution in [0.4, 0.5) is 5.69 Å². The smallest absolute Gasteiger partial charge is 0.264 e. The molecule has 0 unspecified atom stereocenters. The number of aryl methyl sites for hydroxylation is 2. The molecule has 2 aromatic carbocycles. The number of carbonyl (C=O) groups excluding carboxylic acids is 1. The maximum atomic E-state index is 13.0. The first-order valence-electron chi connectivity index (χ1n) is 9.80. The minimum absolute atomic E-state index is 0.162. The Morgan fingerprint density at radius 1 is 1.19 bits per heavy atom. The van der Waals surface area contributed by atoms with Gasteiger partial charge in [-0.15, -0.1) is 0 Å². The molecule has 0 aliphatic carbocycles. The Morgan fingerprint density at radius 3 is 2.55 bits per heavy atom. The van der Waals surface area contributed by atoms with Gasteiger partial charge in [0.2, 0.25) is 0 Å². The highest BCUT2D eigenvalue weighted by Gasteiger charge is 2.23. The van der Waals surface area contributed by atoms with E-state index < -0.39 is 10.0 Å². The number of ether oxygens (including phenoxy) is 1. The molecule has 1 N–H and O–H groups in total. The van der Waals surface area contributed by atoms with Crippen LogP contribution in [0.2, 0.25) is 0 Å². The van der Waals surface area contributed by atoms with E-state index in [1.54, 1.807) is 49.8 Å². The second-order valence-electron chi connectivity index (χ2n) is 7.06. The predicted octanol–water partition coefficient (Wildman–Crippen LogP) is 2.85. The lowest BCUT2D eigenvalue weighted by molar-refractivity contribution is 0.0952. The summed E-state index contributed by atoms with van der Waals surface area (Å²) in [6.45, 7) is 3.08. The Labute approximate surface area is 182 Å². The van der Waals surface area contributed by atoms with Gasteiger partial charge in [0, 0.05) is 38.1 Å². The number of hydrogen-bond acceptors (Lipinski definition) is 5. The molecule has 0 atom stereocenters. The predicted molar refractivity (Wildman–Crippen MR) is 119 cm³/mol. The van der Waals surface area contributed by atoms with E-state index >= 15 is 0 Å². The molecule has 9 heteroatoms. The Bertz CT molecular complexity index is 1130. The van der Waals surface area contributed by atoms with E-state index in [-0.39, 0.29) is 10.8 Å². The lowest BCUT2D eigenvalue weighted by Gasteiger charge is -2.22. The van der Waals surface area contributed by atoms with Crippen LogP contribution in [-0.2, 0) is 16.6 Å². The van der Waals surface area contributed by atoms with Gasteiger partial charge in [0.25, 0.3) is 15.9 Å². The first kappa shape index (κ1) is 22.4. The van der Waals surface area contributed by atoms with Crippen molar-refractivity contribution in [3.8, 4) is 5.75 Å². The standard InChI is InChI=1S/C22H26N4O4S/c1-17-15-18(22(27)24-11-4-13-26-14-12-23-16-26)5-10-21(17)25(2)31(28,29)20-8-6-19(30-3)7-9-20/h5-10,12,14-16H,4,11,13H2,1-3H3,(H,24,27). The summed E-state index contributed by atoms with van der Waals surface area (Å²) < 4.78 is 34.2. The normalized spacial score (nSPS) is 11.2. The average molecular weight is 443 g/mol. The molecule has 1 amide bonds. The van der Waals surface area contributed by atoms with Gasteiger partial charge < -0.3 is 14.6 Å². The Hall–Kier alpha value is -3.33. The fraction of sp³-hybridized carbons (Fsp3) is 0.273. The number of methoxy groups -OCH3 is 1. The third-order valence-corrected chi connectivity index (χ3v) is 6.74. The van der Waals surface area contributed by atoms with Crippen molar-refractivity contribution in [1.29, 1.82) is 0 Å². The quantitative estimate of drug-likeness (QED) is 0.515. The number of nitrogens with zero attached hydrogens (tertiary/aromatic N) is 3. The monoisotopic (exact) mass is 442 g/mol. The molecule has 1 aromatic heterocycles. The summed E-state index contributed by atoms with van der Waals surface area (Å²) in [5, 5.41) is 2.89. The molecule has 0 radical (unpaired) electrons. The molecule has 3 aromatic rings. The fourth-order valence-corrected chi connectivity index (χ4v) is 4.43. The van der Waals surface area contributed by atoms with Gasteiger partial charge in [0.05, 0.1) is 24.0 Å². The summed E-state index contributed by atoms with van der Waals surface area (Å²) in [5.74, 6) is 0.388. The van der Waals surface area contributed by atoms with Gasteiger partial charge >= 0.3 is 0 Å². The van der Waals surface area contributed by atoms with E-state index in [1.807, 2.05) is 10.8 Å². The molecule has 0 bridgehead atoms. The van der Waals surface area contributed by atoms with Gasteiger partial charge in [0.1, 0.15) is 5.75 Å². The number of anilines is 1. The Kier molecular flexibility index (Phi) is 6.96. The molecule has 164 valence electrons. The number of aromatic nitrogens is 2. The molecule has 1 heterocycles. The minimum atomic E-state index is -3.74. The number of hydrogen-bond donors (Lipinski definition) is 1. The van der Waals surface area contributed by atoms with E-state index in [1.165, 1.54) is 30.6 Å². The van der Waals surface area contributed by atoms with E-state index in [2.05, 4.69) is 10.3 Å². The number of amides is 1. The van der Waals surface area contributed by atoms with Crippen molar-refractivity contribution in [2.75, 3.05) is 25.0 Å².